The number of nitrogens with one attached hydrogen (secondary N) is 1. The fourth-order valence-electron chi connectivity index (χ4n) is 4.03. The molecule has 5 heterocycles. The molecule has 11 heteroatoms. The van der Waals surface area contributed by atoms with Crippen molar-refractivity contribution in [2.45, 2.75) is 19.7 Å². The summed E-state index contributed by atoms with van der Waals surface area (Å²) in [5.74, 6) is -0.428. The normalized spacial score (nSPS) is 15.0. The van der Waals surface area contributed by atoms with Crippen LogP contribution in [0.4, 0.5) is 20.5 Å². The highest BCUT2D eigenvalue weighted by Crippen LogP contribution is 2.36. The number of aromatic nitrogens is 6. The van der Waals surface area contributed by atoms with Crippen LogP contribution in [0.3, 0.4) is 0 Å². The largest absolute Gasteiger partial charge is 0.482 e. The van der Waals surface area contributed by atoms with Crippen LogP contribution in [0, 0.1) is 11.6 Å². The average molecular weight is 436 g/mol. The molecule has 6 rings (SSSR count). The van der Waals surface area contributed by atoms with Crippen molar-refractivity contribution in [2.24, 2.45) is 0 Å². The van der Waals surface area contributed by atoms with Gasteiger partial charge in [-0.1, -0.05) is 0 Å². The summed E-state index contributed by atoms with van der Waals surface area (Å²) in [6.45, 7) is 2.70. The fourth-order valence-corrected chi connectivity index (χ4v) is 4.03. The van der Waals surface area contributed by atoms with Crippen LogP contribution in [0.1, 0.15) is 11.4 Å². The van der Waals surface area contributed by atoms with Gasteiger partial charge in [-0.15, -0.1) is 0 Å². The zero-order valence-electron chi connectivity index (χ0n) is 17.1. The van der Waals surface area contributed by atoms with E-state index in [1.54, 1.807) is 23.2 Å². The summed E-state index contributed by atoms with van der Waals surface area (Å²) < 4.78 is 38.6. The van der Waals surface area contributed by atoms with Crippen LogP contribution in [0.5, 0.6) is 5.75 Å². The highest BCUT2D eigenvalue weighted by molar-refractivity contribution is 5.68. The van der Waals surface area contributed by atoms with Crippen molar-refractivity contribution in [3.8, 4) is 22.7 Å². The van der Waals surface area contributed by atoms with Gasteiger partial charge in [0.05, 0.1) is 42.3 Å². The monoisotopic (exact) mass is 436 g/mol. The third-order valence-corrected chi connectivity index (χ3v) is 5.61. The molecule has 4 aromatic rings. The van der Waals surface area contributed by atoms with Crippen molar-refractivity contribution < 1.29 is 13.5 Å². The Kier molecular flexibility index (Phi) is 4.18. The summed E-state index contributed by atoms with van der Waals surface area (Å²) in [5, 5.41) is 7.54. The van der Waals surface area contributed by atoms with Gasteiger partial charge in [-0.05, 0) is 19.2 Å². The molecule has 0 radical (unpaired) electrons. The van der Waals surface area contributed by atoms with Gasteiger partial charge in [-0.2, -0.15) is 5.10 Å². The molecule has 32 heavy (non-hydrogen) atoms. The maximum absolute atomic E-state index is 14.8. The van der Waals surface area contributed by atoms with Gasteiger partial charge in [-0.3, -0.25) is 14.1 Å². The van der Waals surface area contributed by atoms with E-state index in [1.165, 1.54) is 6.07 Å². The second-order valence-electron chi connectivity index (χ2n) is 7.85. The van der Waals surface area contributed by atoms with E-state index in [0.717, 1.165) is 37.2 Å². The number of halogens is 2. The lowest BCUT2D eigenvalue weighted by molar-refractivity contribution is 0.259. The molecule has 1 aromatic carbocycles. The minimum atomic E-state index is -0.664. The Morgan fingerprint density at radius 1 is 1.06 bits per heavy atom. The summed E-state index contributed by atoms with van der Waals surface area (Å²) in [6, 6.07) is 4.75. The highest BCUT2D eigenvalue weighted by atomic mass is 19.1. The Bertz CT molecular complexity index is 1350. The van der Waals surface area contributed by atoms with Crippen LogP contribution in [0.15, 0.2) is 36.9 Å². The Hall–Kier alpha value is -3.86. The number of anilines is 2. The zero-order valence-corrected chi connectivity index (χ0v) is 17.1. The first-order chi connectivity index (χ1) is 15.5. The van der Waals surface area contributed by atoms with Crippen molar-refractivity contribution in [3.05, 3.63) is 59.9 Å². The van der Waals surface area contributed by atoms with Gasteiger partial charge in [0, 0.05) is 24.7 Å². The summed E-state index contributed by atoms with van der Waals surface area (Å²) in [5.41, 5.74) is 2.52. The number of imidazole rings is 1. The smallest absolute Gasteiger partial charge is 0.229 e. The van der Waals surface area contributed by atoms with Crippen molar-refractivity contribution in [1.82, 2.24) is 34.2 Å². The van der Waals surface area contributed by atoms with Crippen molar-refractivity contribution >= 4 is 11.8 Å². The fraction of sp³-hybridized carbons (Fsp3) is 0.238. The number of likely N-dealkylation sites (N-methyl/N-ethyl adjacent to an activating group) is 1. The molecule has 0 saturated carbocycles. The van der Waals surface area contributed by atoms with Crippen LogP contribution in [-0.4, -0.2) is 47.8 Å². The van der Waals surface area contributed by atoms with Gasteiger partial charge in [-0.25, -0.2) is 23.7 Å². The minimum Gasteiger partial charge on any atom is -0.482 e. The molecule has 9 nitrogen and oxygen atoms in total. The standard InChI is InChI=1S/C21H18F2N8O/c1-29-2-3-31-13(9-29)6-18(28-31)26-21-25-8-16(23)19(27-21)12-4-15(22)20-17(5-12)30-11-24-7-14(30)10-32-20/h4-8,11H,2-3,9-10H2,1H3,(H,25,26,27,28). The van der Waals surface area contributed by atoms with Crippen LogP contribution >= 0.6 is 0 Å². The summed E-state index contributed by atoms with van der Waals surface area (Å²) in [4.78, 5) is 14.6. The van der Waals surface area contributed by atoms with Crippen LogP contribution < -0.4 is 10.1 Å². The Balaban J connectivity index is 1.36. The van der Waals surface area contributed by atoms with Crippen molar-refractivity contribution in [2.75, 3.05) is 18.9 Å². The second-order valence-corrected chi connectivity index (χ2v) is 7.85. The molecule has 0 unspecified atom stereocenters. The van der Waals surface area contributed by atoms with E-state index in [-0.39, 0.29) is 29.6 Å². The lowest BCUT2D eigenvalue weighted by Gasteiger charge is -2.22. The Morgan fingerprint density at radius 2 is 1.97 bits per heavy atom. The molecule has 0 amide bonds. The zero-order chi connectivity index (χ0) is 21.8. The molecule has 0 fully saturated rings. The van der Waals surface area contributed by atoms with Crippen LogP contribution in [-0.2, 0) is 19.7 Å². The van der Waals surface area contributed by atoms with E-state index < -0.39 is 11.6 Å². The van der Waals surface area contributed by atoms with Crippen molar-refractivity contribution in [3.63, 3.8) is 0 Å². The van der Waals surface area contributed by atoms with E-state index in [0.29, 0.717) is 11.5 Å². The maximum Gasteiger partial charge on any atom is 0.229 e. The summed E-state index contributed by atoms with van der Waals surface area (Å²) in [7, 11) is 2.05. The molecular weight excluding hydrogens is 418 g/mol. The van der Waals surface area contributed by atoms with E-state index in [1.807, 2.05) is 10.7 Å². The first-order valence-corrected chi connectivity index (χ1v) is 10.1. The topological polar surface area (TPSA) is 85.9 Å². The predicted molar refractivity (Wildman–Crippen MR) is 111 cm³/mol. The van der Waals surface area contributed by atoms with Gasteiger partial charge in [0.25, 0.3) is 0 Å². The molecule has 1 N–H and O–H groups in total. The number of fused-ring (bicyclic) bond motifs is 4. The number of rotatable bonds is 3. The van der Waals surface area contributed by atoms with E-state index in [4.69, 9.17) is 4.74 Å². The number of nitrogens with zero attached hydrogens (tertiary/aromatic N) is 7. The molecule has 2 aliphatic heterocycles. The minimum absolute atomic E-state index is 0.0276. The molecule has 0 aliphatic carbocycles. The SMILES string of the molecule is CN1CCn2nc(Nc3ncc(F)c(-c4cc(F)c5c(c4)-n4cncc4CO5)n3)cc2C1. The molecule has 0 atom stereocenters. The maximum atomic E-state index is 14.8. The summed E-state index contributed by atoms with van der Waals surface area (Å²) in [6.07, 6.45) is 4.27. The Labute approximate surface area is 181 Å². The number of benzene rings is 1. The summed E-state index contributed by atoms with van der Waals surface area (Å²) >= 11 is 0. The third kappa shape index (κ3) is 3.09. The average Bonchev–Trinajstić information content (AvgIpc) is 3.41. The van der Waals surface area contributed by atoms with Crippen LogP contribution in [0.25, 0.3) is 16.9 Å². The number of hydrogen-bond donors (Lipinski definition) is 1. The third-order valence-electron chi connectivity index (χ3n) is 5.61. The lowest BCUT2D eigenvalue weighted by Crippen LogP contribution is -2.30. The second kappa shape index (κ2) is 7.09. The Morgan fingerprint density at radius 3 is 2.88 bits per heavy atom. The number of hydrogen-bond acceptors (Lipinski definition) is 7. The quantitative estimate of drug-likeness (QED) is 0.529. The van der Waals surface area contributed by atoms with Gasteiger partial charge in [0.15, 0.2) is 23.2 Å². The predicted octanol–water partition coefficient (Wildman–Crippen LogP) is 2.89. The molecule has 162 valence electrons. The molecule has 0 saturated heterocycles. The van der Waals surface area contributed by atoms with E-state index in [9.17, 15) is 8.78 Å². The van der Waals surface area contributed by atoms with E-state index >= 15 is 0 Å². The van der Waals surface area contributed by atoms with Crippen LogP contribution in [0.2, 0.25) is 0 Å². The molecular formula is C21H18F2N8O. The molecule has 0 spiro atoms. The van der Waals surface area contributed by atoms with Gasteiger partial charge < -0.3 is 10.1 Å². The first kappa shape index (κ1) is 18.9. The first-order valence-electron chi connectivity index (χ1n) is 10.1. The molecule has 0 bridgehead atoms. The van der Waals surface area contributed by atoms with Gasteiger partial charge >= 0.3 is 0 Å². The van der Waals surface area contributed by atoms with Gasteiger partial charge in [0.1, 0.15) is 12.3 Å². The van der Waals surface area contributed by atoms with E-state index in [2.05, 4.69) is 37.3 Å². The van der Waals surface area contributed by atoms with Crippen molar-refractivity contribution in [1.29, 1.82) is 0 Å². The lowest BCUT2D eigenvalue weighted by atomic mass is 10.1. The molecule has 2 aliphatic rings. The number of ether oxygens (including phenoxy) is 1. The highest BCUT2D eigenvalue weighted by Gasteiger charge is 2.23. The molecule has 3 aromatic heterocycles. The van der Waals surface area contributed by atoms with Gasteiger partial charge in [0.2, 0.25) is 5.95 Å².